The molecule has 0 aromatic heterocycles. The van der Waals surface area contributed by atoms with Gasteiger partial charge in [-0.25, -0.2) is 0 Å². The van der Waals surface area contributed by atoms with Crippen molar-refractivity contribution in [2.45, 2.75) is 38.8 Å². The second kappa shape index (κ2) is 2.09. The molecule has 1 fully saturated rings. The van der Waals surface area contributed by atoms with Gasteiger partial charge < -0.3 is 5.32 Å². The second-order valence-corrected chi connectivity index (χ2v) is 3.82. The Morgan fingerprint density at radius 2 is 2.40 bits per heavy atom. The van der Waals surface area contributed by atoms with Gasteiger partial charge in [0.05, 0.1) is 0 Å². The van der Waals surface area contributed by atoms with E-state index < -0.39 is 0 Å². The molecule has 3 unspecified atom stereocenters. The minimum Gasteiger partial charge on any atom is -0.307 e. The second-order valence-electron chi connectivity index (χ2n) is 3.82. The van der Waals surface area contributed by atoms with Crippen LogP contribution in [0.5, 0.6) is 0 Å². The van der Waals surface area contributed by atoms with Crippen LogP contribution in [0.4, 0.5) is 0 Å². The number of hydrogen-bond donors (Lipinski definition) is 1. The van der Waals surface area contributed by atoms with Crippen LogP contribution in [0.3, 0.4) is 0 Å². The Kier molecular flexibility index (Phi) is 1.34. The monoisotopic (exact) mass is 137 g/mol. The van der Waals surface area contributed by atoms with Crippen molar-refractivity contribution in [3.8, 4) is 0 Å². The summed E-state index contributed by atoms with van der Waals surface area (Å²) in [6.45, 7) is 4.59. The molecule has 0 aromatic carbocycles. The normalized spacial score (nSPS) is 45.4. The van der Waals surface area contributed by atoms with Gasteiger partial charge in [-0.15, -0.1) is 0 Å². The van der Waals surface area contributed by atoms with Crippen molar-refractivity contribution in [1.29, 1.82) is 0 Å². The van der Waals surface area contributed by atoms with Gasteiger partial charge in [-0.05, 0) is 25.7 Å². The van der Waals surface area contributed by atoms with Gasteiger partial charge in [-0.2, -0.15) is 0 Å². The lowest BCUT2D eigenvalue weighted by atomic mass is 10.0. The third kappa shape index (κ3) is 0.891. The summed E-state index contributed by atoms with van der Waals surface area (Å²) in [5.41, 5.74) is 1.58. The number of rotatable bonds is 0. The highest BCUT2D eigenvalue weighted by Crippen LogP contribution is 2.29. The molecule has 1 heteroatoms. The molecule has 0 amide bonds. The van der Waals surface area contributed by atoms with Crippen LogP contribution >= 0.6 is 0 Å². The van der Waals surface area contributed by atoms with Gasteiger partial charge in [-0.1, -0.05) is 18.6 Å². The van der Waals surface area contributed by atoms with Crippen LogP contribution in [0.1, 0.15) is 26.7 Å². The van der Waals surface area contributed by atoms with E-state index in [1.165, 1.54) is 12.8 Å². The molecule has 1 nitrogen and oxygen atoms in total. The van der Waals surface area contributed by atoms with E-state index in [-0.39, 0.29) is 0 Å². The predicted molar refractivity (Wildman–Crippen MR) is 42.9 cm³/mol. The summed E-state index contributed by atoms with van der Waals surface area (Å²) in [4.78, 5) is 0. The molecule has 2 rings (SSSR count). The highest BCUT2D eigenvalue weighted by atomic mass is 15.0. The summed E-state index contributed by atoms with van der Waals surface area (Å²) in [6, 6.07) is 1.49. The lowest BCUT2D eigenvalue weighted by molar-refractivity contribution is 0.538. The molecule has 0 aromatic rings. The van der Waals surface area contributed by atoms with E-state index in [0.29, 0.717) is 6.04 Å². The molecule has 2 bridgehead atoms. The first-order chi connectivity index (χ1) is 4.75. The van der Waals surface area contributed by atoms with Crippen molar-refractivity contribution < 1.29 is 0 Å². The topological polar surface area (TPSA) is 12.0 Å². The van der Waals surface area contributed by atoms with Crippen LogP contribution in [0.25, 0.3) is 0 Å². The van der Waals surface area contributed by atoms with Gasteiger partial charge in [-0.3, -0.25) is 0 Å². The van der Waals surface area contributed by atoms with Crippen LogP contribution < -0.4 is 5.32 Å². The summed E-state index contributed by atoms with van der Waals surface area (Å²) in [7, 11) is 0. The third-order valence-electron chi connectivity index (χ3n) is 2.73. The molecule has 56 valence electrons. The maximum absolute atomic E-state index is 3.59. The fourth-order valence-electron chi connectivity index (χ4n) is 2.22. The Morgan fingerprint density at radius 1 is 1.60 bits per heavy atom. The molecule has 10 heavy (non-hydrogen) atoms. The lowest BCUT2D eigenvalue weighted by Gasteiger charge is -2.19. The first-order valence-electron chi connectivity index (χ1n) is 4.19. The molecule has 0 spiro atoms. The zero-order valence-corrected chi connectivity index (χ0v) is 6.72. The van der Waals surface area contributed by atoms with Crippen LogP contribution in [0.2, 0.25) is 0 Å². The number of fused-ring (bicyclic) bond motifs is 2. The highest BCUT2D eigenvalue weighted by Gasteiger charge is 2.32. The van der Waals surface area contributed by atoms with Crippen LogP contribution in [-0.4, -0.2) is 12.1 Å². The zero-order valence-electron chi connectivity index (χ0n) is 6.72. The standard InChI is InChI=1S/C9H15N/c1-6-3-8-5-7(2)9(4-6)10-8/h4,7-10H,3,5H2,1-2H3. The summed E-state index contributed by atoms with van der Waals surface area (Å²) in [5, 5.41) is 3.59. The Bertz CT molecular complexity index is 172. The van der Waals surface area contributed by atoms with Gasteiger partial charge in [0.2, 0.25) is 0 Å². The predicted octanol–water partition coefficient (Wildman–Crippen LogP) is 1.70. The Labute approximate surface area is 62.5 Å². The van der Waals surface area contributed by atoms with Gasteiger partial charge in [0.1, 0.15) is 0 Å². The van der Waals surface area contributed by atoms with Crippen LogP contribution in [0.15, 0.2) is 11.6 Å². The van der Waals surface area contributed by atoms with E-state index in [0.717, 1.165) is 12.0 Å². The van der Waals surface area contributed by atoms with Gasteiger partial charge in [0, 0.05) is 12.1 Å². The smallest absolute Gasteiger partial charge is 0.0281 e. The Balaban J connectivity index is 2.21. The van der Waals surface area contributed by atoms with Gasteiger partial charge >= 0.3 is 0 Å². The van der Waals surface area contributed by atoms with Crippen molar-refractivity contribution in [3.63, 3.8) is 0 Å². The van der Waals surface area contributed by atoms with E-state index in [9.17, 15) is 0 Å². The first-order valence-corrected chi connectivity index (χ1v) is 4.19. The third-order valence-corrected chi connectivity index (χ3v) is 2.73. The maximum Gasteiger partial charge on any atom is 0.0281 e. The van der Waals surface area contributed by atoms with Crippen LogP contribution in [-0.2, 0) is 0 Å². The van der Waals surface area contributed by atoms with Gasteiger partial charge in [0.25, 0.3) is 0 Å². The quantitative estimate of drug-likeness (QED) is 0.501. The van der Waals surface area contributed by atoms with E-state index in [4.69, 9.17) is 0 Å². The van der Waals surface area contributed by atoms with E-state index in [1.54, 1.807) is 5.57 Å². The summed E-state index contributed by atoms with van der Waals surface area (Å²) < 4.78 is 0. The average molecular weight is 137 g/mol. The largest absolute Gasteiger partial charge is 0.307 e. The molecule has 0 aliphatic carbocycles. The van der Waals surface area contributed by atoms with E-state index in [2.05, 4.69) is 25.2 Å². The van der Waals surface area contributed by atoms with Crippen molar-refractivity contribution in [1.82, 2.24) is 5.32 Å². The summed E-state index contributed by atoms with van der Waals surface area (Å²) in [6.07, 6.45) is 5.05. The molecule has 2 aliphatic rings. The number of nitrogens with one attached hydrogen (secondary N) is 1. The highest BCUT2D eigenvalue weighted by molar-refractivity contribution is 5.16. The molecule has 1 N–H and O–H groups in total. The fraction of sp³-hybridized carbons (Fsp3) is 0.778. The van der Waals surface area contributed by atoms with Crippen molar-refractivity contribution in [2.75, 3.05) is 0 Å². The lowest BCUT2D eigenvalue weighted by Crippen LogP contribution is -2.33. The van der Waals surface area contributed by atoms with E-state index in [1.807, 2.05) is 0 Å². The molecule has 3 atom stereocenters. The van der Waals surface area contributed by atoms with Crippen molar-refractivity contribution >= 4 is 0 Å². The molecular formula is C9H15N. The molecule has 0 radical (unpaired) electrons. The van der Waals surface area contributed by atoms with E-state index >= 15 is 0 Å². The molecule has 1 saturated heterocycles. The Hall–Kier alpha value is -0.300. The molecular weight excluding hydrogens is 122 g/mol. The summed E-state index contributed by atoms with van der Waals surface area (Å²) in [5.74, 6) is 0.863. The number of hydrogen-bond acceptors (Lipinski definition) is 1. The summed E-state index contributed by atoms with van der Waals surface area (Å²) >= 11 is 0. The molecule has 0 saturated carbocycles. The van der Waals surface area contributed by atoms with Crippen molar-refractivity contribution in [2.24, 2.45) is 5.92 Å². The first kappa shape index (κ1) is 6.41. The SMILES string of the molecule is CC1=CC2NC(C1)CC2C. The van der Waals surface area contributed by atoms with Crippen LogP contribution in [0, 0.1) is 5.92 Å². The molecule has 2 aliphatic heterocycles. The average Bonchev–Trinajstić information content (AvgIpc) is 2.07. The molecule has 2 heterocycles. The van der Waals surface area contributed by atoms with Crippen molar-refractivity contribution in [3.05, 3.63) is 11.6 Å². The fourth-order valence-corrected chi connectivity index (χ4v) is 2.22. The minimum atomic E-state index is 0.693. The Morgan fingerprint density at radius 3 is 3.10 bits per heavy atom. The van der Waals surface area contributed by atoms with Gasteiger partial charge in [0.15, 0.2) is 0 Å². The zero-order chi connectivity index (χ0) is 7.14. The minimum absolute atomic E-state index is 0.693. The maximum atomic E-state index is 3.59.